The first-order valence-corrected chi connectivity index (χ1v) is 7.93. The molecular weight excluding hydrogens is 322 g/mol. The Hall–Kier alpha value is -2.90. The molecule has 25 heavy (non-hydrogen) atoms. The van der Waals surface area contributed by atoms with E-state index in [1.807, 2.05) is 45.9 Å². The van der Waals surface area contributed by atoms with Crippen LogP contribution in [0, 0.1) is 0 Å². The van der Waals surface area contributed by atoms with Gasteiger partial charge in [0.2, 0.25) is 5.95 Å². The van der Waals surface area contributed by atoms with Crippen LogP contribution in [-0.4, -0.2) is 35.1 Å². The molecule has 1 aromatic carbocycles. The summed E-state index contributed by atoms with van der Waals surface area (Å²) in [5.41, 5.74) is 3.09. The Kier molecular flexibility index (Phi) is 5.74. The zero-order valence-electron chi connectivity index (χ0n) is 15.1. The number of H-pyrrole nitrogens is 1. The Morgan fingerprint density at radius 1 is 1.32 bits per heavy atom. The maximum absolute atomic E-state index is 12.1. The Bertz CT molecular complexity index is 809. The number of para-hydroxylation sites is 1. The topological polar surface area (TPSA) is 101 Å². The van der Waals surface area contributed by atoms with Crippen LogP contribution in [0.2, 0.25) is 0 Å². The van der Waals surface area contributed by atoms with Crippen molar-refractivity contribution in [1.29, 1.82) is 0 Å². The largest absolute Gasteiger partial charge is 0.493 e. The molecule has 134 valence electrons. The number of ether oxygens (including phenoxy) is 2. The van der Waals surface area contributed by atoms with Crippen molar-refractivity contribution >= 4 is 12.2 Å². The van der Waals surface area contributed by atoms with Crippen molar-refractivity contribution in [1.82, 2.24) is 15.2 Å². The van der Waals surface area contributed by atoms with E-state index in [1.165, 1.54) is 0 Å². The summed E-state index contributed by atoms with van der Waals surface area (Å²) in [6, 6.07) is 5.49. The molecular formula is C17H23N5O3. The van der Waals surface area contributed by atoms with Crippen molar-refractivity contribution in [2.45, 2.75) is 33.1 Å². The minimum Gasteiger partial charge on any atom is -0.493 e. The minimum absolute atomic E-state index is 0.162. The van der Waals surface area contributed by atoms with E-state index in [1.54, 1.807) is 13.3 Å². The average Bonchev–Trinajstić information content (AvgIpc) is 2.55. The quantitative estimate of drug-likeness (QED) is 0.615. The molecule has 2 N–H and O–H groups in total. The maximum Gasteiger partial charge on any atom is 0.274 e. The van der Waals surface area contributed by atoms with Gasteiger partial charge in [-0.05, 0) is 19.1 Å². The van der Waals surface area contributed by atoms with E-state index in [0.29, 0.717) is 23.8 Å². The third-order valence-electron chi connectivity index (χ3n) is 3.30. The Morgan fingerprint density at radius 3 is 2.68 bits per heavy atom. The zero-order chi connectivity index (χ0) is 18.4. The number of hydrogen-bond acceptors (Lipinski definition) is 7. The highest BCUT2D eigenvalue weighted by Crippen LogP contribution is 2.29. The molecule has 0 spiro atoms. The van der Waals surface area contributed by atoms with Crippen LogP contribution in [0.3, 0.4) is 0 Å². The highest BCUT2D eigenvalue weighted by molar-refractivity contribution is 5.85. The number of aromatic nitrogens is 3. The second-order valence-electron chi connectivity index (χ2n) is 6.28. The Labute approximate surface area is 146 Å². The van der Waals surface area contributed by atoms with E-state index >= 15 is 0 Å². The van der Waals surface area contributed by atoms with Gasteiger partial charge in [-0.2, -0.15) is 5.10 Å². The lowest BCUT2D eigenvalue weighted by Crippen LogP contribution is -2.28. The Balaban J connectivity index is 2.19. The number of benzene rings is 1. The van der Waals surface area contributed by atoms with Gasteiger partial charge in [0.05, 0.1) is 19.9 Å². The zero-order valence-corrected chi connectivity index (χ0v) is 15.1. The lowest BCUT2D eigenvalue weighted by molar-refractivity contribution is 0.310. The summed E-state index contributed by atoms with van der Waals surface area (Å²) < 4.78 is 10.9. The molecule has 1 aromatic heterocycles. The summed E-state index contributed by atoms with van der Waals surface area (Å²) in [5.74, 6) is 1.38. The molecule has 8 heteroatoms. The Morgan fingerprint density at radius 2 is 2.08 bits per heavy atom. The van der Waals surface area contributed by atoms with Crippen molar-refractivity contribution in [2.24, 2.45) is 5.10 Å². The van der Waals surface area contributed by atoms with Crippen LogP contribution in [0.4, 0.5) is 5.95 Å². The van der Waals surface area contributed by atoms with Crippen LogP contribution in [-0.2, 0) is 5.41 Å². The van der Waals surface area contributed by atoms with Gasteiger partial charge >= 0.3 is 0 Å². The highest BCUT2D eigenvalue weighted by atomic mass is 16.5. The van der Waals surface area contributed by atoms with E-state index in [2.05, 4.69) is 25.7 Å². The fraction of sp³-hybridized carbons (Fsp3) is 0.412. The van der Waals surface area contributed by atoms with Crippen molar-refractivity contribution in [3.8, 4) is 11.5 Å². The minimum atomic E-state index is -0.380. The molecule has 0 atom stereocenters. The summed E-state index contributed by atoms with van der Waals surface area (Å²) in [6.07, 6.45) is 1.56. The van der Waals surface area contributed by atoms with Gasteiger partial charge in [-0.15, -0.1) is 10.2 Å². The molecule has 0 unspecified atom stereocenters. The molecule has 8 nitrogen and oxygen atoms in total. The fourth-order valence-corrected chi connectivity index (χ4v) is 2.14. The van der Waals surface area contributed by atoms with Gasteiger partial charge in [-0.25, -0.2) is 5.43 Å². The van der Waals surface area contributed by atoms with E-state index in [9.17, 15) is 4.79 Å². The van der Waals surface area contributed by atoms with Crippen molar-refractivity contribution in [3.05, 3.63) is 39.8 Å². The normalized spacial score (nSPS) is 11.6. The van der Waals surface area contributed by atoms with E-state index in [0.717, 1.165) is 5.56 Å². The smallest absolute Gasteiger partial charge is 0.274 e. The molecule has 2 aromatic rings. The van der Waals surface area contributed by atoms with Crippen molar-refractivity contribution in [3.63, 3.8) is 0 Å². The predicted molar refractivity (Wildman–Crippen MR) is 96.7 cm³/mol. The monoisotopic (exact) mass is 345 g/mol. The third kappa shape index (κ3) is 4.56. The number of hydrazone groups is 1. The summed E-state index contributed by atoms with van der Waals surface area (Å²) in [6.45, 7) is 8.09. The molecule has 2 rings (SSSR count). The summed E-state index contributed by atoms with van der Waals surface area (Å²) in [7, 11) is 1.58. The van der Waals surface area contributed by atoms with E-state index < -0.39 is 0 Å². The number of rotatable bonds is 6. The first-order chi connectivity index (χ1) is 11.9. The molecule has 0 amide bonds. The van der Waals surface area contributed by atoms with Crippen molar-refractivity contribution < 1.29 is 9.47 Å². The summed E-state index contributed by atoms with van der Waals surface area (Å²) in [5, 5.41) is 12.0. The second kappa shape index (κ2) is 7.78. The van der Waals surface area contributed by atoms with Crippen LogP contribution in [0.1, 0.15) is 39.0 Å². The predicted octanol–water partition coefficient (Wildman–Crippen LogP) is 2.32. The number of methoxy groups -OCH3 is 1. The van der Waals surface area contributed by atoms with Gasteiger partial charge in [0, 0.05) is 11.0 Å². The van der Waals surface area contributed by atoms with Gasteiger partial charge in [-0.3, -0.25) is 9.78 Å². The molecule has 1 heterocycles. The third-order valence-corrected chi connectivity index (χ3v) is 3.30. The number of anilines is 1. The average molecular weight is 345 g/mol. The van der Waals surface area contributed by atoms with Gasteiger partial charge in [-0.1, -0.05) is 26.8 Å². The van der Waals surface area contributed by atoms with Gasteiger partial charge in [0.25, 0.3) is 5.56 Å². The lowest BCUT2D eigenvalue weighted by Gasteiger charge is -2.15. The van der Waals surface area contributed by atoms with Gasteiger partial charge in [0.15, 0.2) is 11.5 Å². The number of nitrogens with one attached hydrogen (secondary N) is 2. The van der Waals surface area contributed by atoms with Crippen LogP contribution < -0.4 is 20.5 Å². The first kappa shape index (κ1) is 18.4. The molecule has 0 aliphatic carbocycles. The molecule has 0 bridgehead atoms. The standard InChI is InChI=1S/C17H23N5O3/c1-6-25-13-11(8-7-9-12(13)24-5)10-18-21-16-19-15(23)14(20-22-16)17(2,3)4/h7-10H,6H2,1-5H3,(H2,19,21,22,23)/b18-10+. The molecule has 0 fully saturated rings. The lowest BCUT2D eigenvalue weighted by atomic mass is 9.93. The highest BCUT2D eigenvalue weighted by Gasteiger charge is 2.20. The molecule has 0 saturated heterocycles. The van der Waals surface area contributed by atoms with Crippen molar-refractivity contribution in [2.75, 3.05) is 19.1 Å². The van der Waals surface area contributed by atoms with Gasteiger partial charge in [0.1, 0.15) is 5.69 Å². The van der Waals surface area contributed by atoms with E-state index in [4.69, 9.17) is 9.47 Å². The molecule has 0 saturated carbocycles. The number of nitrogens with zero attached hydrogens (tertiary/aromatic N) is 3. The number of aromatic amines is 1. The SMILES string of the molecule is CCOc1c(/C=N/Nc2nnc(C(C)(C)C)c(=O)[nH]2)cccc1OC. The second-order valence-corrected chi connectivity index (χ2v) is 6.28. The van der Waals surface area contributed by atoms with Crippen LogP contribution >= 0.6 is 0 Å². The molecule has 0 aliphatic heterocycles. The number of hydrogen-bond donors (Lipinski definition) is 2. The van der Waals surface area contributed by atoms with Gasteiger partial charge < -0.3 is 9.47 Å². The fourth-order valence-electron chi connectivity index (χ4n) is 2.14. The summed E-state index contributed by atoms with van der Waals surface area (Å²) >= 11 is 0. The van der Waals surface area contributed by atoms with E-state index in [-0.39, 0.29) is 16.9 Å². The summed E-state index contributed by atoms with van der Waals surface area (Å²) in [4.78, 5) is 14.7. The van der Waals surface area contributed by atoms with Crippen LogP contribution in [0.15, 0.2) is 28.1 Å². The first-order valence-electron chi connectivity index (χ1n) is 7.93. The molecule has 0 aliphatic rings. The van der Waals surface area contributed by atoms with Crippen LogP contribution in [0.5, 0.6) is 11.5 Å². The molecule has 0 radical (unpaired) electrons. The van der Waals surface area contributed by atoms with Crippen LogP contribution in [0.25, 0.3) is 0 Å². The maximum atomic E-state index is 12.1.